The van der Waals surface area contributed by atoms with Crippen molar-refractivity contribution in [3.63, 3.8) is 0 Å². The number of benzene rings is 3. The molecule has 0 aliphatic carbocycles. The van der Waals surface area contributed by atoms with Crippen LogP contribution in [-0.4, -0.2) is 73.9 Å². The molecule has 1 spiro atoms. The molecule has 3 aromatic carbocycles. The van der Waals surface area contributed by atoms with Crippen LogP contribution >= 0.6 is 0 Å². The lowest BCUT2D eigenvalue weighted by molar-refractivity contribution is -0.151. The van der Waals surface area contributed by atoms with Gasteiger partial charge >= 0.3 is 0 Å². The summed E-state index contributed by atoms with van der Waals surface area (Å²) < 4.78 is 23.6. The van der Waals surface area contributed by atoms with Crippen LogP contribution in [0, 0.1) is 5.92 Å². The number of halogens is 1. The Morgan fingerprint density at radius 1 is 0.925 bits per heavy atom. The van der Waals surface area contributed by atoms with E-state index in [1.165, 1.54) is 0 Å². The minimum absolute atomic E-state index is 0.0114. The van der Waals surface area contributed by atoms with Crippen molar-refractivity contribution in [2.45, 2.75) is 94.9 Å². The first-order chi connectivity index (χ1) is 25.4. The third-order valence-corrected chi connectivity index (χ3v) is 14.7. The maximum absolute atomic E-state index is 16.7. The number of hydrogen-bond donors (Lipinski definition) is 1. The van der Waals surface area contributed by atoms with Crippen molar-refractivity contribution in [2.75, 3.05) is 34.4 Å². The molecule has 0 saturated carbocycles. The molecule has 5 aliphatic rings. The van der Waals surface area contributed by atoms with Crippen molar-refractivity contribution in [1.29, 1.82) is 0 Å². The van der Waals surface area contributed by atoms with Crippen molar-refractivity contribution in [1.82, 2.24) is 4.90 Å². The number of anilines is 3. The summed E-state index contributed by atoms with van der Waals surface area (Å²) in [5.41, 5.74) is 3.40. The summed E-state index contributed by atoms with van der Waals surface area (Å²) in [7, 11) is -3.58. The van der Waals surface area contributed by atoms with E-state index >= 15 is 8.90 Å². The third kappa shape index (κ3) is 5.99. The van der Waals surface area contributed by atoms with E-state index in [0.29, 0.717) is 55.8 Å². The van der Waals surface area contributed by atoms with Gasteiger partial charge in [0.2, 0.25) is 26.1 Å². The Morgan fingerprint density at radius 3 is 2.19 bits per heavy atom. The van der Waals surface area contributed by atoms with Crippen LogP contribution in [0.15, 0.2) is 66.7 Å². The van der Waals surface area contributed by atoms with E-state index in [-0.39, 0.29) is 43.2 Å². The van der Waals surface area contributed by atoms with Gasteiger partial charge in [0.25, 0.3) is 5.91 Å². The van der Waals surface area contributed by atoms with E-state index in [0.717, 1.165) is 35.2 Å². The summed E-state index contributed by atoms with van der Waals surface area (Å²) in [6.45, 7) is 6.71. The van der Waals surface area contributed by atoms with Gasteiger partial charge in [0, 0.05) is 60.9 Å². The number of ether oxygens (including phenoxy) is 1. The maximum atomic E-state index is 16.7. The van der Waals surface area contributed by atoms with Gasteiger partial charge in [-0.2, -0.15) is 0 Å². The molecule has 5 atom stereocenters. The van der Waals surface area contributed by atoms with E-state index in [2.05, 4.69) is 0 Å². The van der Waals surface area contributed by atoms with E-state index in [1.807, 2.05) is 73.7 Å². The highest BCUT2D eigenvalue weighted by atomic mass is 28.4. The summed E-state index contributed by atoms with van der Waals surface area (Å²) in [5, 5.41) is 10.3. The van der Waals surface area contributed by atoms with Gasteiger partial charge in [-0.25, -0.2) is 0 Å². The standard InChI is InChI=1S/C41H47FN4O6Si/c1-26-39(53(2,3)42)35(22-38(50)45-24-29-9-5-4-8-28(29)20-32(45)25-47)52-41(26)33-21-31(44-19-7-11-37(44)49)16-17-34(33)46(40(41)51)23-27-12-14-30(15-13-27)43-18-6-10-36(43)48/h4-5,8-9,12-17,21,26,32,35,39,47H,6-7,10-11,18-20,22-25H2,1-3H3/t26-,32+,35+,39-,41+/m1/s1. The minimum Gasteiger partial charge on any atom is -0.394 e. The summed E-state index contributed by atoms with van der Waals surface area (Å²) in [6.07, 6.45) is 2.05. The molecule has 10 nitrogen and oxygen atoms in total. The number of fused-ring (bicyclic) bond motifs is 3. The van der Waals surface area contributed by atoms with Crippen LogP contribution in [0.3, 0.4) is 0 Å². The van der Waals surface area contributed by atoms with Crippen LogP contribution in [0.5, 0.6) is 0 Å². The Bertz CT molecular complexity index is 1970. The smallest absolute Gasteiger partial charge is 0.264 e. The molecule has 8 rings (SSSR count). The largest absolute Gasteiger partial charge is 0.394 e. The molecule has 5 aliphatic heterocycles. The highest BCUT2D eigenvalue weighted by Crippen LogP contribution is 2.61. The molecule has 278 valence electrons. The molecule has 3 aromatic rings. The third-order valence-electron chi connectivity index (χ3n) is 12.3. The molecule has 12 heteroatoms. The number of nitrogens with zero attached hydrogens (tertiary/aromatic N) is 4. The highest BCUT2D eigenvalue weighted by Gasteiger charge is 2.67. The lowest BCUT2D eigenvalue weighted by Gasteiger charge is -2.37. The van der Waals surface area contributed by atoms with Crippen molar-refractivity contribution < 1.29 is 33.1 Å². The first kappa shape index (κ1) is 35.6. The van der Waals surface area contributed by atoms with Gasteiger partial charge in [-0.15, -0.1) is 0 Å². The molecule has 1 N–H and O–H groups in total. The number of amides is 4. The second-order valence-corrected chi connectivity index (χ2v) is 19.7. The number of carbonyl (C=O) groups is 4. The lowest BCUT2D eigenvalue weighted by Crippen LogP contribution is -2.48. The number of aliphatic hydroxyl groups excluding tert-OH is 1. The van der Waals surface area contributed by atoms with E-state index < -0.39 is 37.6 Å². The van der Waals surface area contributed by atoms with Crippen LogP contribution < -0.4 is 14.7 Å². The van der Waals surface area contributed by atoms with Crippen LogP contribution in [0.4, 0.5) is 21.2 Å². The SMILES string of the molecule is C[C@@H]1[C@@H]([Si](C)(C)F)[C@H](CC(=O)N2Cc3ccccc3C[C@H]2CO)O[C@@]12C(=O)N(Cc1ccc(N3CCCC3=O)cc1)c1ccc(N3CCCC3=O)cc12. The van der Waals surface area contributed by atoms with Crippen molar-refractivity contribution in [3.8, 4) is 0 Å². The topological polar surface area (TPSA) is 111 Å². The molecule has 0 bridgehead atoms. The summed E-state index contributed by atoms with van der Waals surface area (Å²) >= 11 is 0. The molecule has 4 amide bonds. The molecule has 0 radical (unpaired) electrons. The van der Waals surface area contributed by atoms with Crippen LogP contribution in [0.1, 0.15) is 61.3 Å². The van der Waals surface area contributed by atoms with Crippen molar-refractivity contribution >= 4 is 49.1 Å². The summed E-state index contributed by atoms with van der Waals surface area (Å²) in [5.74, 6) is -1.07. The van der Waals surface area contributed by atoms with Gasteiger partial charge in [-0.05, 0) is 79.4 Å². The molecule has 5 heterocycles. The summed E-state index contributed by atoms with van der Waals surface area (Å²) in [6, 6.07) is 20.7. The highest BCUT2D eigenvalue weighted by molar-refractivity contribution is 6.72. The molecule has 3 saturated heterocycles. The minimum atomic E-state index is -3.58. The zero-order chi connectivity index (χ0) is 37.2. The molecule has 3 fully saturated rings. The Balaban J connectivity index is 1.15. The number of rotatable bonds is 8. The van der Waals surface area contributed by atoms with Gasteiger partial charge < -0.3 is 33.6 Å². The fourth-order valence-electron chi connectivity index (χ4n) is 9.70. The zero-order valence-corrected chi connectivity index (χ0v) is 31.6. The molecule has 53 heavy (non-hydrogen) atoms. The maximum Gasteiger partial charge on any atom is 0.264 e. The fourth-order valence-corrected chi connectivity index (χ4v) is 12.2. The first-order valence-electron chi connectivity index (χ1n) is 18.9. The normalized spacial score (nSPS) is 27.0. The van der Waals surface area contributed by atoms with Crippen LogP contribution in [0.2, 0.25) is 18.6 Å². The van der Waals surface area contributed by atoms with Gasteiger partial charge in [0.1, 0.15) is 0 Å². The number of hydrogen-bond acceptors (Lipinski definition) is 6. The zero-order valence-electron chi connectivity index (χ0n) is 30.6. The Labute approximate surface area is 310 Å². The van der Waals surface area contributed by atoms with Crippen LogP contribution in [0.25, 0.3) is 0 Å². The average molecular weight is 739 g/mol. The van der Waals surface area contributed by atoms with E-state index in [9.17, 15) is 19.5 Å². The van der Waals surface area contributed by atoms with Crippen LogP contribution in [-0.2, 0) is 49.0 Å². The van der Waals surface area contributed by atoms with Gasteiger partial charge in [0.05, 0.1) is 37.4 Å². The second kappa shape index (κ2) is 13.5. The predicted octanol–water partition coefficient (Wildman–Crippen LogP) is 5.60. The van der Waals surface area contributed by atoms with Gasteiger partial charge in [0.15, 0.2) is 5.60 Å². The average Bonchev–Trinajstić information content (AvgIpc) is 3.90. The molecular formula is C41H47FN4O6Si. The van der Waals surface area contributed by atoms with E-state index in [4.69, 9.17) is 4.74 Å². The second-order valence-electron chi connectivity index (χ2n) is 15.9. The number of carbonyl (C=O) groups excluding carboxylic acids is 4. The Morgan fingerprint density at radius 2 is 1.57 bits per heavy atom. The van der Waals surface area contributed by atoms with E-state index in [1.54, 1.807) is 32.7 Å². The predicted molar refractivity (Wildman–Crippen MR) is 201 cm³/mol. The van der Waals surface area contributed by atoms with Crippen molar-refractivity contribution in [3.05, 3.63) is 89.0 Å². The fraction of sp³-hybridized carbons (Fsp3) is 0.463. The monoisotopic (exact) mass is 738 g/mol. The van der Waals surface area contributed by atoms with Gasteiger partial charge in [-0.3, -0.25) is 19.2 Å². The first-order valence-corrected chi connectivity index (χ1v) is 21.9. The molecule has 0 unspecified atom stereocenters. The Kier molecular flexibility index (Phi) is 9.06. The molecular weight excluding hydrogens is 692 g/mol. The lowest BCUT2D eigenvalue weighted by atomic mass is 9.82. The summed E-state index contributed by atoms with van der Waals surface area (Å²) in [4.78, 5) is 61.4. The number of aliphatic hydroxyl groups is 1. The quantitative estimate of drug-likeness (QED) is 0.238. The molecule has 0 aromatic heterocycles. The van der Waals surface area contributed by atoms with Crippen molar-refractivity contribution in [2.24, 2.45) is 5.92 Å². The van der Waals surface area contributed by atoms with Gasteiger partial charge in [-0.1, -0.05) is 43.3 Å². The Hall–Kier alpha value is -4.39.